The zero-order valence-electron chi connectivity index (χ0n) is 20.8. The first-order valence-electron chi connectivity index (χ1n) is 11.6. The van der Waals surface area contributed by atoms with Crippen molar-refractivity contribution in [1.82, 2.24) is 9.78 Å². The van der Waals surface area contributed by atoms with Crippen LogP contribution in [0.15, 0.2) is 48.5 Å². The van der Waals surface area contributed by atoms with Crippen molar-refractivity contribution in [3.8, 4) is 11.1 Å². The van der Waals surface area contributed by atoms with E-state index in [1.807, 2.05) is 51.1 Å². The number of anilines is 2. The van der Waals surface area contributed by atoms with E-state index >= 15 is 0 Å². The number of esters is 1. The van der Waals surface area contributed by atoms with E-state index in [1.165, 1.54) is 17.4 Å². The van der Waals surface area contributed by atoms with E-state index in [0.29, 0.717) is 37.6 Å². The summed E-state index contributed by atoms with van der Waals surface area (Å²) in [5.74, 6) is -0.807. The highest BCUT2D eigenvalue weighted by molar-refractivity contribution is 7.80. The topological polar surface area (TPSA) is 68.2 Å². The van der Waals surface area contributed by atoms with Crippen LogP contribution in [0.3, 0.4) is 0 Å². The molecule has 6 nitrogen and oxygen atoms in total. The van der Waals surface area contributed by atoms with Crippen LogP contribution in [0.4, 0.5) is 15.1 Å². The number of carbonyl (C=O) groups is 1. The fourth-order valence-corrected chi connectivity index (χ4v) is 5.66. The quantitative estimate of drug-likeness (QED) is 0.183. The Bertz CT molecular complexity index is 1450. The molecular formula is C27H26ClFN4O2S2. The van der Waals surface area contributed by atoms with E-state index in [2.05, 4.69) is 15.7 Å². The third-order valence-corrected chi connectivity index (χ3v) is 7.42. The molecule has 4 rings (SSSR count). The average Bonchev–Trinajstić information content (AvgIpc) is 3.32. The molecule has 2 aromatic heterocycles. The van der Waals surface area contributed by atoms with Crippen molar-refractivity contribution in [2.45, 2.75) is 34.2 Å². The molecule has 0 radical (unpaired) electrons. The molecule has 0 spiro atoms. The smallest absolute Gasteiger partial charge is 0.341 e. The van der Waals surface area contributed by atoms with Crippen molar-refractivity contribution >= 4 is 56.9 Å². The lowest BCUT2D eigenvalue weighted by molar-refractivity contribution is 0.0529. The van der Waals surface area contributed by atoms with E-state index in [0.717, 1.165) is 21.7 Å². The van der Waals surface area contributed by atoms with Gasteiger partial charge in [-0.3, -0.25) is 4.68 Å². The largest absolute Gasteiger partial charge is 0.462 e. The number of nitrogens with one attached hydrogen (secondary N) is 2. The Kier molecular flexibility index (Phi) is 8.26. The number of nitrogens with zero attached hydrogens (tertiary/aromatic N) is 2. The van der Waals surface area contributed by atoms with Gasteiger partial charge in [0.25, 0.3) is 0 Å². The van der Waals surface area contributed by atoms with Crippen LogP contribution < -0.4 is 10.6 Å². The van der Waals surface area contributed by atoms with Crippen molar-refractivity contribution in [1.29, 1.82) is 0 Å². The lowest BCUT2D eigenvalue weighted by Gasteiger charge is -2.13. The van der Waals surface area contributed by atoms with Gasteiger partial charge in [0.05, 0.1) is 30.2 Å². The van der Waals surface area contributed by atoms with Crippen LogP contribution in [-0.2, 0) is 11.3 Å². The van der Waals surface area contributed by atoms with Gasteiger partial charge in [-0.2, -0.15) is 5.10 Å². The summed E-state index contributed by atoms with van der Waals surface area (Å²) in [6, 6.07) is 14.3. The number of hydrogen-bond donors (Lipinski definition) is 2. The third kappa shape index (κ3) is 5.69. The second kappa shape index (κ2) is 11.4. The normalized spacial score (nSPS) is 10.9. The highest BCUT2D eigenvalue weighted by atomic mass is 35.5. The molecule has 2 heterocycles. The summed E-state index contributed by atoms with van der Waals surface area (Å²) in [7, 11) is 0. The van der Waals surface area contributed by atoms with Gasteiger partial charge in [0.2, 0.25) is 0 Å². The molecule has 192 valence electrons. The first kappa shape index (κ1) is 26.8. The second-order valence-corrected chi connectivity index (χ2v) is 10.3. The van der Waals surface area contributed by atoms with E-state index < -0.39 is 5.97 Å². The van der Waals surface area contributed by atoms with Gasteiger partial charge < -0.3 is 15.4 Å². The first-order chi connectivity index (χ1) is 17.7. The minimum atomic E-state index is -0.419. The number of hydrogen-bond acceptors (Lipinski definition) is 5. The molecule has 0 amide bonds. The Hall–Kier alpha value is -3.27. The van der Waals surface area contributed by atoms with Crippen LogP contribution >= 0.6 is 35.2 Å². The number of thiocarbonyl (C=S) groups is 1. The van der Waals surface area contributed by atoms with Gasteiger partial charge in [-0.25, -0.2) is 9.18 Å². The predicted octanol–water partition coefficient (Wildman–Crippen LogP) is 7.36. The van der Waals surface area contributed by atoms with Crippen LogP contribution in [0.5, 0.6) is 0 Å². The summed E-state index contributed by atoms with van der Waals surface area (Å²) in [5, 5.41) is 12.1. The van der Waals surface area contributed by atoms with Gasteiger partial charge in [0.15, 0.2) is 5.11 Å². The van der Waals surface area contributed by atoms with Gasteiger partial charge >= 0.3 is 5.97 Å². The molecule has 0 atom stereocenters. The molecule has 0 aliphatic heterocycles. The summed E-state index contributed by atoms with van der Waals surface area (Å²) in [5.41, 5.74) is 4.69. The summed E-state index contributed by atoms with van der Waals surface area (Å²) in [6.07, 6.45) is 0. The van der Waals surface area contributed by atoms with Gasteiger partial charge in [-0.15, -0.1) is 11.3 Å². The molecule has 2 aromatic carbocycles. The van der Waals surface area contributed by atoms with E-state index in [9.17, 15) is 9.18 Å². The zero-order chi connectivity index (χ0) is 26.7. The summed E-state index contributed by atoms with van der Waals surface area (Å²) >= 11 is 13.3. The number of halogens is 2. The van der Waals surface area contributed by atoms with Crippen molar-refractivity contribution < 1.29 is 13.9 Å². The van der Waals surface area contributed by atoms with Gasteiger partial charge in [-0.1, -0.05) is 48.0 Å². The number of carbonyl (C=O) groups excluding carboxylic acids is 1. The predicted molar refractivity (Wildman–Crippen MR) is 153 cm³/mol. The minimum absolute atomic E-state index is 0.178. The van der Waals surface area contributed by atoms with Crippen LogP contribution in [0, 0.1) is 26.6 Å². The van der Waals surface area contributed by atoms with E-state index in [1.54, 1.807) is 23.7 Å². The van der Waals surface area contributed by atoms with E-state index in [-0.39, 0.29) is 19.0 Å². The number of aryl methyl sites for hydroxylation is 2. The molecule has 0 bridgehead atoms. The molecule has 2 N–H and O–H groups in total. The molecule has 4 aromatic rings. The van der Waals surface area contributed by atoms with Crippen LogP contribution in [0.25, 0.3) is 11.1 Å². The lowest BCUT2D eigenvalue weighted by atomic mass is 10.0. The Morgan fingerprint density at radius 2 is 1.86 bits per heavy atom. The fourth-order valence-electron chi connectivity index (χ4n) is 4.10. The molecule has 0 aliphatic carbocycles. The van der Waals surface area contributed by atoms with Crippen molar-refractivity contribution in [3.63, 3.8) is 0 Å². The van der Waals surface area contributed by atoms with E-state index in [4.69, 9.17) is 28.6 Å². The second-order valence-electron chi connectivity index (χ2n) is 8.31. The maximum Gasteiger partial charge on any atom is 0.341 e. The Morgan fingerprint density at radius 1 is 1.14 bits per heavy atom. The van der Waals surface area contributed by atoms with Gasteiger partial charge in [0.1, 0.15) is 16.4 Å². The molecule has 0 saturated carbocycles. The fraction of sp³-hybridized carbons (Fsp3) is 0.222. The van der Waals surface area contributed by atoms with Gasteiger partial charge in [0, 0.05) is 21.0 Å². The number of ether oxygens (including phenoxy) is 1. The third-order valence-electron chi connectivity index (χ3n) is 5.84. The molecule has 0 aliphatic rings. The number of rotatable bonds is 7. The summed E-state index contributed by atoms with van der Waals surface area (Å²) in [4.78, 5) is 13.9. The summed E-state index contributed by atoms with van der Waals surface area (Å²) in [6.45, 7) is 7.88. The highest BCUT2D eigenvalue weighted by Gasteiger charge is 2.25. The van der Waals surface area contributed by atoms with Crippen molar-refractivity contribution in [3.05, 3.63) is 86.8 Å². The maximum atomic E-state index is 14.3. The molecular weight excluding hydrogens is 531 g/mol. The number of aromatic nitrogens is 2. The molecule has 0 saturated heterocycles. The molecule has 0 fully saturated rings. The van der Waals surface area contributed by atoms with Crippen molar-refractivity contribution in [2.75, 3.05) is 17.2 Å². The molecule has 37 heavy (non-hydrogen) atoms. The van der Waals surface area contributed by atoms with Crippen LogP contribution in [0.2, 0.25) is 5.02 Å². The molecule has 0 unspecified atom stereocenters. The lowest BCUT2D eigenvalue weighted by Crippen LogP contribution is -2.21. The van der Waals surface area contributed by atoms with Gasteiger partial charge in [-0.05, 0) is 57.6 Å². The Morgan fingerprint density at radius 3 is 2.54 bits per heavy atom. The standard InChI is InChI=1S/C27H26ClFN4O2S2/c1-5-35-26(34)23-22(18-10-7-6-8-11-18)17(4)37-25(23)31-27(36)30-24-15(2)32-33(16(24)3)14-19-20(28)12-9-13-21(19)29/h6-13H,5,14H2,1-4H3,(H2,30,31,36). The number of thiophene rings is 1. The minimum Gasteiger partial charge on any atom is -0.462 e. The molecule has 10 heteroatoms. The van der Waals surface area contributed by atoms with Crippen LogP contribution in [-0.4, -0.2) is 27.5 Å². The first-order valence-corrected chi connectivity index (χ1v) is 13.2. The SMILES string of the molecule is CCOC(=O)c1c(NC(=S)Nc2c(C)nn(Cc3c(F)cccc3Cl)c2C)sc(C)c1-c1ccccc1. The zero-order valence-corrected chi connectivity index (χ0v) is 23.2. The maximum absolute atomic E-state index is 14.3. The highest BCUT2D eigenvalue weighted by Crippen LogP contribution is 2.40. The Labute approximate surface area is 229 Å². The summed E-state index contributed by atoms with van der Waals surface area (Å²) < 4.78 is 21.4. The average molecular weight is 557 g/mol. The van der Waals surface area contributed by atoms with Crippen molar-refractivity contribution in [2.24, 2.45) is 0 Å². The van der Waals surface area contributed by atoms with Crippen LogP contribution in [0.1, 0.15) is 39.1 Å². The number of benzene rings is 2. The Balaban J connectivity index is 1.61. The monoisotopic (exact) mass is 556 g/mol.